The summed E-state index contributed by atoms with van der Waals surface area (Å²) in [6.07, 6.45) is 3.51. The summed E-state index contributed by atoms with van der Waals surface area (Å²) in [4.78, 5) is 0.283. The van der Waals surface area contributed by atoms with E-state index in [9.17, 15) is 8.42 Å². The zero-order chi connectivity index (χ0) is 13.2. The third-order valence-corrected chi connectivity index (χ3v) is 6.77. The summed E-state index contributed by atoms with van der Waals surface area (Å²) >= 11 is 0. The minimum atomic E-state index is -3.58. The molecule has 4 rings (SSSR count). The van der Waals surface area contributed by atoms with Crippen molar-refractivity contribution in [2.75, 3.05) is 0 Å². The van der Waals surface area contributed by atoms with E-state index >= 15 is 0 Å². The molecule has 0 aromatic heterocycles. The summed E-state index contributed by atoms with van der Waals surface area (Å²) in [5.41, 5.74) is 1.05. The third kappa shape index (κ3) is 1.62. The van der Waals surface area contributed by atoms with Crippen LogP contribution in [0.5, 0.6) is 0 Å². The van der Waals surface area contributed by atoms with Crippen LogP contribution in [0.15, 0.2) is 29.2 Å². The van der Waals surface area contributed by atoms with Gasteiger partial charge in [0.25, 0.3) is 10.1 Å². The van der Waals surface area contributed by atoms with E-state index in [0.717, 1.165) is 29.7 Å². The van der Waals surface area contributed by atoms with Gasteiger partial charge in [-0.3, -0.25) is 4.18 Å². The molecule has 0 unspecified atom stereocenters. The molecule has 1 aromatic rings. The van der Waals surface area contributed by atoms with Crippen molar-refractivity contribution in [3.63, 3.8) is 0 Å². The Hall–Kier alpha value is -0.870. The van der Waals surface area contributed by atoms with Crippen molar-refractivity contribution in [1.29, 1.82) is 0 Å². The summed E-state index contributed by atoms with van der Waals surface area (Å²) < 4.78 is 29.9. The molecule has 0 N–H and O–H groups in total. The number of aryl methyl sites for hydroxylation is 1. The molecule has 3 aliphatic rings. The van der Waals surface area contributed by atoms with E-state index < -0.39 is 10.1 Å². The summed E-state index contributed by atoms with van der Waals surface area (Å²) in [5, 5.41) is 0. The van der Waals surface area contributed by atoms with Crippen LogP contribution in [0.3, 0.4) is 0 Å². The van der Waals surface area contributed by atoms with Gasteiger partial charge >= 0.3 is 0 Å². The van der Waals surface area contributed by atoms with Crippen molar-refractivity contribution < 1.29 is 12.6 Å². The first-order chi connectivity index (χ1) is 9.06. The fourth-order valence-electron chi connectivity index (χ4n) is 4.16. The highest BCUT2D eigenvalue weighted by Gasteiger charge is 2.65. The lowest BCUT2D eigenvalue weighted by Crippen LogP contribution is -2.66. The van der Waals surface area contributed by atoms with Crippen LogP contribution in [0.1, 0.15) is 24.8 Å². The van der Waals surface area contributed by atoms with Crippen molar-refractivity contribution in [1.82, 2.24) is 0 Å². The van der Waals surface area contributed by atoms with Crippen molar-refractivity contribution in [2.24, 2.45) is 23.7 Å². The molecule has 1 aromatic carbocycles. The average molecular weight is 278 g/mol. The molecule has 0 aliphatic heterocycles. The highest BCUT2D eigenvalue weighted by molar-refractivity contribution is 7.86. The first-order valence-electron chi connectivity index (χ1n) is 7.06. The molecular weight excluding hydrogens is 260 g/mol. The summed E-state index contributed by atoms with van der Waals surface area (Å²) in [7, 11) is -3.58. The number of hydrogen-bond donors (Lipinski definition) is 0. The van der Waals surface area contributed by atoms with E-state index in [-0.39, 0.29) is 11.0 Å². The van der Waals surface area contributed by atoms with E-state index in [1.807, 2.05) is 19.1 Å². The van der Waals surface area contributed by atoms with E-state index in [2.05, 4.69) is 0 Å². The molecule has 3 aliphatic carbocycles. The lowest BCUT2D eigenvalue weighted by Gasteiger charge is -2.68. The molecular formula is C15H18O3S. The fourth-order valence-corrected chi connectivity index (χ4v) is 5.27. The molecule has 0 saturated heterocycles. The minimum Gasteiger partial charge on any atom is -0.263 e. The van der Waals surface area contributed by atoms with Crippen molar-refractivity contribution >= 4 is 10.1 Å². The fraction of sp³-hybridized carbons (Fsp3) is 0.600. The van der Waals surface area contributed by atoms with Crippen molar-refractivity contribution in [3.05, 3.63) is 29.8 Å². The quantitative estimate of drug-likeness (QED) is 0.798. The predicted molar refractivity (Wildman–Crippen MR) is 71.0 cm³/mol. The van der Waals surface area contributed by atoms with Crippen LogP contribution >= 0.6 is 0 Å². The highest BCUT2D eigenvalue weighted by Crippen LogP contribution is 2.67. The third-order valence-electron chi connectivity index (χ3n) is 5.42. The van der Waals surface area contributed by atoms with Crippen LogP contribution in [0.25, 0.3) is 0 Å². The molecule has 0 amide bonds. The maximum absolute atomic E-state index is 12.2. The average Bonchev–Trinajstić information content (AvgIpc) is 2.33. The molecule has 19 heavy (non-hydrogen) atoms. The molecule has 3 fully saturated rings. The van der Waals surface area contributed by atoms with Crippen LogP contribution in [-0.4, -0.2) is 14.5 Å². The monoisotopic (exact) mass is 278 g/mol. The van der Waals surface area contributed by atoms with Gasteiger partial charge in [0.05, 0.1) is 11.0 Å². The second kappa shape index (κ2) is 3.83. The van der Waals surface area contributed by atoms with Crippen LogP contribution in [-0.2, 0) is 14.3 Å². The molecule has 4 heteroatoms. The Balaban J connectivity index is 1.49. The number of benzene rings is 1. The largest absolute Gasteiger partial charge is 0.297 e. The first-order valence-corrected chi connectivity index (χ1v) is 8.47. The normalized spacial score (nSPS) is 39.3. The standard InChI is InChI=1S/C15H18O3S/c1-9-2-4-10(5-3-9)19(16,17)18-14-8-13-11-6-7-12(11)15(13)14/h2-5,11-15H,6-8H2,1H3/t11-,12-,13+,14+,15-/m0/s1. The zero-order valence-corrected chi connectivity index (χ0v) is 11.8. The summed E-state index contributed by atoms with van der Waals surface area (Å²) in [5.74, 6) is 2.94. The number of rotatable bonds is 3. The Labute approximate surface area is 114 Å². The van der Waals surface area contributed by atoms with Crippen LogP contribution in [0.2, 0.25) is 0 Å². The molecule has 3 nitrogen and oxygen atoms in total. The van der Waals surface area contributed by atoms with Crippen LogP contribution < -0.4 is 0 Å². The molecule has 5 atom stereocenters. The Morgan fingerprint density at radius 1 is 1.05 bits per heavy atom. The zero-order valence-electron chi connectivity index (χ0n) is 11.0. The van der Waals surface area contributed by atoms with Gasteiger partial charge in [0, 0.05) is 0 Å². The Morgan fingerprint density at radius 2 is 1.74 bits per heavy atom. The van der Waals surface area contributed by atoms with Gasteiger partial charge in [0.2, 0.25) is 0 Å². The lowest BCUT2D eigenvalue weighted by molar-refractivity contribution is -0.222. The van der Waals surface area contributed by atoms with E-state index in [1.54, 1.807) is 12.1 Å². The van der Waals surface area contributed by atoms with Crippen LogP contribution in [0.4, 0.5) is 0 Å². The van der Waals surface area contributed by atoms with Gasteiger partial charge in [-0.1, -0.05) is 17.7 Å². The predicted octanol–water partition coefficient (Wildman–Crippen LogP) is 2.74. The maximum Gasteiger partial charge on any atom is 0.297 e. The van der Waals surface area contributed by atoms with E-state index in [4.69, 9.17) is 4.18 Å². The molecule has 0 radical (unpaired) electrons. The van der Waals surface area contributed by atoms with Crippen LogP contribution in [0, 0.1) is 30.6 Å². The van der Waals surface area contributed by atoms with Gasteiger partial charge in [-0.25, -0.2) is 0 Å². The molecule has 0 heterocycles. The smallest absolute Gasteiger partial charge is 0.263 e. The second-order valence-corrected chi connectivity index (χ2v) is 7.86. The van der Waals surface area contributed by atoms with Gasteiger partial charge in [0.15, 0.2) is 0 Å². The van der Waals surface area contributed by atoms with Gasteiger partial charge in [0.1, 0.15) is 0 Å². The summed E-state index contributed by atoms with van der Waals surface area (Å²) in [6, 6.07) is 6.89. The van der Waals surface area contributed by atoms with Gasteiger partial charge < -0.3 is 0 Å². The van der Waals surface area contributed by atoms with Gasteiger partial charge in [-0.2, -0.15) is 8.42 Å². The summed E-state index contributed by atoms with van der Waals surface area (Å²) in [6.45, 7) is 1.94. The molecule has 0 bridgehead atoms. The van der Waals surface area contributed by atoms with Gasteiger partial charge in [-0.15, -0.1) is 0 Å². The van der Waals surface area contributed by atoms with E-state index in [1.165, 1.54) is 12.8 Å². The molecule has 3 saturated carbocycles. The molecule has 0 spiro atoms. The SMILES string of the molecule is Cc1ccc(S(=O)(=O)O[C@@H]2C[C@@H]3[C@H]4CC[C@@H]4[C@@H]32)cc1. The Morgan fingerprint density at radius 3 is 2.32 bits per heavy atom. The lowest BCUT2D eigenvalue weighted by atomic mass is 9.38. The van der Waals surface area contributed by atoms with Crippen molar-refractivity contribution in [2.45, 2.75) is 37.2 Å². The Bertz CT molecular complexity index is 599. The topological polar surface area (TPSA) is 43.4 Å². The Kier molecular flexibility index (Phi) is 2.40. The second-order valence-electron chi connectivity index (χ2n) is 6.28. The first kappa shape index (κ1) is 11.9. The number of fused-ring (bicyclic) bond motifs is 4. The minimum absolute atomic E-state index is 0.0575. The number of hydrogen-bond acceptors (Lipinski definition) is 3. The molecule has 102 valence electrons. The van der Waals surface area contributed by atoms with Gasteiger partial charge in [-0.05, 0) is 62.0 Å². The maximum atomic E-state index is 12.2. The van der Waals surface area contributed by atoms with Crippen molar-refractivity contribution in [3.8, 4) is 0 Å². The highest BCUT2D eigenvalue weighted by atomic mass is 32.2. The van der Waals surface area contributed by atoms with E-state index in [0.29, 0.717) is 5.92 Å².